The highest BCUT2D eigenvalue weighted by atomic mass is 79.9. The average molecular weight is 394 g/mol. The molecule has 0 aliphatic heterocycles. The molecule has 124 valence electrons. The first-order chi connectivity index (χ1) is 12.2. The molecule has 4 nitrogen and oxygen atoms in total. The van der Waals surface area contributed by atoms with Gasteiger partial charge in [-0.15, -0.1) is 10.2 Å². The van der Waals surface area contributed by atoms with Gasteiger partial charge in [0.15, 0.2) is 0 Å². The van der Waals surface area contributed by atoms with Crippen LogP contribution in [0, 0.1) is 0 Å². The Morgan fingerprint density at radius 1 is 1.08 bits per heavy atom. The second-order valence-corrected chi connectivity index (χ2v) is 6.80. The second-order valence-electron chi connectivity index (χ2n) is 5.88. The van der Waals surface area contributed by atoms with E-state index in [9.17, 15) is 0 Å². The number of halogens is 1. The summed E-state index contributed by atoms with van der Waals surface area (Å²) in [5.74, 6) is 1.12. The van der Waals surface area contributed by atoms with Crippen LogP contribution in [-0.4, -0.2) is 14.8 Å². The minimum atomic E-state index is 0.512. The van der Waals surface area contributed by atoms with Crippen LogP contribution in [0.4, 0.5) is 0 Å². The van der Waals surface area contributed by atoms with Crippen molar-refractivity contribution in [3.63, 3.8) is 0 Å². The van der Waals surface area contributed by atoms with Gasteiger partial charge < -0.3 is 8.98 Å². The van der Waals surface area contributed by atoms with E-state index in [0.29, 0.717) is 18.2 Å². The van der Waals surface area contributed by atoms with Crippen LogP contribution in [-0.2, 0) is 13.5 Å². The number of aryl methyl sites for hydroxylation is 1. The molecule has 0 amide bonds. The van der Waals surface area contributed by atoms with Crippen LogP contribution in [0.3, 0.4) is 0 Å². The fourth-order valence-electron chi connectivity index (χ4n) is 2.86. The third-order valence-corrected chi connectivity index (χ3v) is 4.59. The van der Waals surface area contributed by atoms with E-state index in [1.54, 1.807) is 0 Å². The smallest absolute Gasteiger partial charge is 0.240 e. The van der Waals surface area contributed by atoms with Crippen LogP contribution in [0.15, 0.2) is 63.6 Å². The zero-order chi connectivity index (χ0) is 17.2. The fraction of sp³-hybridized carbons (Fsp3) is 0.100. The van der Waals surface area contributed by atoms with Crippen molar-refractivity contribution in [2.24, 2.45) is 7.05 Å². The Labute approximate surface area is 153 Å². The van der Waals surface area contributed by atoms with Crippen LogP contribution in [0.5, 0.6) is 0 Å². The molecule has 0 spiro atoms. The molecule has 0 saturated heterocycles. The van der Waals surface area contributed by atoms with Crippen molar-refractivity contribution in [3.05, 3.63) is 82.1 Å². The minimum absolute atomic E-state index is 0.512. The lowest BCUT2D eigenvalue weighted by Crippen LogP contribution is -1.87. The maximum atomic E-state index is 5.74. The SMILES string of the molecule is Cn1ccc2c(/C=C/c3nnc(Cc4cccc(Br)c4)o3)cccc21. The highest BCUT2D eigenvalue weighted by Gasteiger charge is 2.06. The summed E-state index contributed by atoms with van der Waals surface area (Å²) in [7, 11) is 2.04. The molecule has 4 rings (SSSR count). The molecule has 4 aromatic rings. The number of nitrogens with zero attached hydrogens (tertiary/aromatic N) is 3. The molecule has 0 aliphatic carbocycles. The van der Waals surface area contributed by atoms with Crippen molar-refractivity contribution < 1.29 is 4.42 Å². The Balaban J connectivity index is 1.55. The standard InChI is InChI=1S/C20H16BrN3O/c1-24-11-10-17-15(5-3-7-18(17)24)8-9-19-22-23-20(25-19)13-14-4-2-6-16(21)12-14/h2-12H,13H2,1H3/b9-8+. The van der Waals surface area contributed by atoms with E-state index in [1.165, 1.54) is 10.9 Å². The van der Waals surface area contributed by atoms with Crippen LogP contribution in [0.25, 0.3) is 23.1 Å². The topological polar surface area (TPSA) is 43.9 Å². The number of hydrogen-bond acceptors (Lipinski definition) is 3. The van der Waals surface area contributed by atoms with Gasteiger partial charge in [0.2, 0.25) is 11.8 Å². The van der Waals surface area contributed by atoms with Gasteiger partial charge in [-0.2, -0.15) is 0 Å². The summed E-state index contributed by atoms with van der Waals surface area (Å²) in [5.41, 5.74) is 3.45. The van der Waals surface area contributed by atoms with Crippen LogP contribution in [0.2, 0.25) is 0 Å². The Kier molecular flexibility index (Phi) is 4.24. The van der Waals surface area contributed by atoms with Gasteiger partial charge in [-0.3, -0.25) is 0 Å². The Bertz CT molecular complexity index is 1060. The third kappa shape index (κ3) is 3.42. The van der Waals surface area contributed by atoms with Gasteiger partial charge >= 0.3 is 0 Å². The molecule has 0 aliphatic rings. The third-order valence-electron chi connectivity index (χ3n) is 4.09. The molecule has 25 heavy (non-hydrogen) atoms. The lowest BCUT2D eigenvalue weighted by Gasteiger charge is -1.99. The van der Waals surface area contributed by atoms with Crippen molar-refractivity contribution >= 4 is 39.0 Å². The van der Waals surface area contributed by atoms with E-state index < -0.39 is 0 Å². The zero-order valence-electron chi connectivity index (χ0n) is 13.7. The van der Waals surface area contributed by atoms with Crippen LogP contribution in [0.1, 0.15) is 22.9 Å². The van der Waals surface area contributed by atoms with Gasteiger partial charge in [-0.1, -0.05) is 40.2 Å². The summed E-state index contributed by atoms with van der Waals surface area (Å²) in [5, 5.41) is 9.45. The van der Waals surface area contributed by atoms with Crippen LogP contribution < -0.4 is 0 Å². The van der Waals surface area contributed by atoms with Gasteiger partial charge in [-0.25, -0.2) is 0 Å². The molecule has 0 unspecified atom stereocenters. The lowest BCUT2D eigenvalue weighted by atomic mass is 10.1. The number of hydrogen-bond donors (Lipinski definition) is 0. The molecule has 0 fully saturated rings. The van der Waals surface area contributed by atoms with Crippen molar-refractivity contribution in [2.75, 3.05) is 0 Å². The van der Waals surface area contributed by atoms with E-state index in [1.807, 2.05) is 37.4 Å². The molecule has 2 heterocycles. The number of rotatable bonds is 4. The normalized spacial score (nSPS) is 11.6. The highest BCUT2D eigenvalue weighted by Crippen LogP contribution is 2.21. The average Bonchev–Trinajstić information content (AvgIpc) is 3.20. The maximum Gasteiger partial charge on any atom is 0.240 e. The summed E-state index contributed by atoms with van der Waals surface area (Å²) in [6, 6.07) is 16.4. The first-order valence-corrected chi connectivity index (χ1v) is 8.77. The van der Waals surface area contributed by atoms with E-state index in [4.69, 9.17) is 4.42 Å². The summed E-state index contributed by atoms with van der Waals surface area (Å²) in [6.45, 7) is 0. The van der Waals surface area contributed by atoms with E-state index in [0.717, 1.165) is 15.6 Å². The van der Waals surface area contributed by atoms with Crippen molar-refractivity contribution in [1.82, 2.24) is 14.8 Å². The first-order valence-electron chi connectivity index (χ1n) is 7.98. The molecule has 0 atom stereocenters. The fourth-order valence-corrected chi connectivity index (χ4v) is 3.31. The predicted molar refractivity (Wildman–Crippen MR) is 103 cm³/mol. The van der Waals surface area contributed by atoms with Crippen molar-refractivity contribution in [1.29, 1.82) is 0 Å². The molecule has 5 heteroatoms. The molecule has 2 aromatic carbocycles. The van der Waals surface area contributed by atoms with Gasteiger partial charge in [0.25, 0.3) is 0 Å². The maximum absolute atomic E-state index is 5.74. The molecule has 0 N–H and O–H groups in total. The molecule has 0 radical (unpaired) electrons. The van der Waals surface area contributed by atoms with Crippen LogP contribution >= 0.6 is 15.9 Å². The highest BCUT2D eigenvalue weighted by molar-refractivity contribution is 9.10. The minimum Gasteiger partial charge on any atom is -0.421 e. The Morgan fingerprint density at radius 3 is 2.84 bits per heavy atom. The number of benzene rings is 2. The molecular formula is C20H16BrN3O. The predicted octanol–water partition coefficient (Wildman–Crippen LogP) is 5.09. The summed E-state index contributed by atoms with van der Waals surface area (Å²) in [6.07, 6.45) is 6.55. The largest absolute Gasteiger partial charge is 0.421 e. The number of aromatic nitrogens is 3. The quantitative estimate of drug-likeness (QED) is 0.485. The monoisotopic (exact) mass is 393 g/mol. The van der Waals surface area contributed by atoms with Gasteiger partial charge in [0.1, 0.15) is 0 Å². The van der Waals surface area contributed by atoms with Crippen molar-refractivity contribution in [2.45, 2.75) is 6.42 Å². The lowest BCUT2D eigenvalue weighted by molar-refractivity contribution is 0.496. The summed E-state index contributed by atoms with van der Waals surface area (Å²) < 4.78 is 8.89. The van der Waals surface area contributed by atoms with Gasteiger partial charge in [0.05, 0.1) is 6.42 Å². The van der Waals surface area contributed by atoms with Crippen molar-refractivity contribution in [3.8, 4) is 0 Å². The molecule has 0 saturated carbocycles. The summed E-state index contributed by atoms with van der Waals surface area (Å²) >= 11 is 3.47. The zero-order valence-corrected chi connectivity index (χ0v) is 15.3. The Morgan fingerprint density at radius 2 is 1.96 bits per heavy atom. The molecule has 2 aromatic heterocycles. The van der Waals surface area contributed by atoms with Gasteiger partial charge in [-0.05, 0) is 41.5 Å². The first kappa shape index (κ1) is 15.8. The molecule has 0 bridgehead atoms. The van der Waals surface area contributed by atoms with E-state index in [2.05, 4.69) is 67.2 Å². The van der Waals surface area contributed by atoms with E-state index >= 15 is 0 Å². The second kappa shape index (κ2) is 6.69. The Hall–Kier alpha value is -2.66. The number of fused-ring (bicyclic) bond motifs is 1. The molecular weight excluding hydrogens is 378 g/mol. The van der Waals surface area contributed by atoms with E-state index in [-0.39, 0.29) is 0 Å². The van der Waals surface area contributed by atoms with Gasteiger partial charge in [0, 0.05) is 34.7 Å². The summed E-state index contributed by atoms with van der Waals surface area (Å²) in [4.78, 5) is 0.